The molecule has 1 aromatic carbocycles. The smallest absolute Gasteiger partial charge is 0.331 e. The summed E-state index contributed by atoms with van der Waals surface area (Å²) in [7, 11) is 1.83. The van der Waals surface area contributed by atoms with Crippen molar-refractivity contribution in [3.8, 4) is 5.75 Å². The Bertz CT molecular complexity index is 689. The normalized spacial score (nSPS) is 10.9. The summed E-state index contributed by atoms with van der Waals surface area (Å²) >= 11 is 0. The van der Waals surface area contributed by atoms with Gasteiger partial charge in [0, 0.05) is 24.9 Å². The van der Waals surface area contributed by atoms with Gasteiger partial charge < -0.3 is 9.47 Å². The number of nitrogens with zero attached hydrogens (tertiary/aromatic N) is 2. The first-order chi connectivity index (χ1) is 11.1. The van der Waals surface area contributed by atoms with E-state index in [0.29, 0.717) is 6.61 Å². The summed E-state index contributed by atoms with van der Waals surface area (Å²) in [5, 5.41) is 4.03. The van der Waals surface area contributed by atoms with E-state index in [2.05, 4.69) is 12.0 Å². The van der Waals surface area contributed by atoms with E-state index in [4.69, 9.17) is 9.47 Å². The molecule has 1 aromatic heterocycles. The molecule has 0 radical (unpaired) electrons. The number of esters is 1. The van der Waals surface area contributed by atoms with E-state index < -0.39 is 0 Å². The molecule has 5 nitrogen and oxygen atoms in total. The van der Waals surface area contributed by atoms with Crippen LogP contribution in [0, 0.1) is 6.92 Å². The number of hydrogen-bond acceptors (Lipinski definition) is 4. The van der Waals surface area contributed by atoms with Crippen LogP contribution >= 0.6 is 0 Å². The van der Waals surface area contributed by atoms with Crippen molar-refractivity contribution in [2.45, 2.75) is 26.9 Å². The molecule has 5 heteroatoms. The second kappa shape index (κ2) is 8.17. The lowest BCUT2D eigenvalue weighted by Crippen LogP contribution is -2.02. The van der Waals surface area contributed by atoms with Gasteiger partial charge in [0.05, 0.1) is 12.8 Å². The first-order valence-electron chi connectivity index (χ1n) is 7.64. The highest BCUT2D eigenvalue weighted by Crippen LogP contribution is 2.18. The molecule has 0 fully saturated rings. The van der Waals surface area contributed by atoms with Crippen LogP contribution in [0.5, 0.6) is 5.75 Å². The summed E-state index contributed by atoms with van der Waals surface area (Å²) in [6, 6.07) is 5.79. The third kappa shape index (κ3) is 5.29. The van der Waals surface area contributed by atoms with Gasteiger partial charge in [-0.15, -0.1) is 0 Å². The van der Waals surface area contributed by atoms with Crippen molar-refractivity contribution in [2.24, 2.45) is 7.05 Å². The minimum Gasteiger partial charge on any atom is -0.494 e. The standard InChI is InChI=1S/C18H22N2O3/c1-4-9-22-17-7-6-16(14(2)10-17)13-23-18(21)8-5-15-11-19-20(3)12-15/h5-8,10-12H,4,9,13H2,1-3H3/b8-5+. The molecule has 0 atom stereocenters. The molecule has 1 heterocycles. The maximum Gasteiger partial charge on any atom is 0.331 e. The second-order valence-corrected chi connectivity index (χ2v) is 5.33. The van der Waals surface area contributed by atoms with Gasteiger partial charge >= 0.3 is 5.97 Å². The fourth-order valence-electron chi connectivity index (χ4n) is 2.03. The average Bonchev–Trinajstić information content (AvgIpc) is 2.95. The third-order valence-electron chi connectivity index (χ3n) is 3.29. The van der Waals surface area contributed by atoms with E-state index in [9.17, 15) is 4.79 Å². The van der Waals surface area contributed by atoms with Crippen molar-refractivity contribution < 1.29 is 14.3 Å². The van der Waals surface area contributed by atoms with Crippen LogP contribution in [0.3, 0.4) is 0 Å². The first-order valence-corrected chi connectivity index (χ1v) is 7.64. The number of carbonyl (C=O) groups excluding carboxylic acids is 1. The Balaban J connectivity index is 1.87. The number of rotatable bonds is 7. The van der Waals surface area contributed by atoms with Crippen molar-refractivity contribution in [1.29, 1.82) is 0 Å². The molecule has 0 saturated heterocycles. The number of hydrogen-bond donors (Lipinski definition) is 0. The molecule has 0 N–H and O–H groups in total. The van der Waals surface area contributed by atoms with Crippen LogP contribution in [0.4, 0.5) is 0 Å². The molecule has 0 spiro atoms. The van der Waals surface area contributed by atoms with Crippen LogP contribution in [-0.4, -0.2) is 22.4 Å². The summed E-state index contributed by atoms with van der Waals surface area (Å²) < 4.78 is 12.5. The number of aromatic nitrogens is 2. The third-order valence-corrected chi connectivity index (χ3v) is 3.29. The van der Waals surface area contributed by atoms with Crippen LogP contribution in [-0.2, 0) is 23.2 Å². The summed E-state index contributed by atoms with van der Waals surface area (Å²) in [4.78, 5) is 11.8. The summed E-state index contributed by atoms with van der Waals surface area (Å²) in [5.41, 5.74) is 2.87. The number of ether oxygens (including phenoxy) is 2. The van der Waals surface area contributed by atoms with Crippen molar-refractivity contribution in [2.75, 3.05) is 6.61 Å². The Labute approximate surface area is 136 Å². The van der Waals surface area contributed by atoms with Crippen LogP contribution in [0.15, 0.2) is 36.7 Å². The van der Waals surface area contributed by atoms with E-state index in [-0.39, 0.29) is 12.6 Å². The summed E-state index contributed by atoms with van der Waals surface area (Å²) in [6.45, 7) is 5.00. The topological polar surface area (TPSA) is 53.4 Å². The minimum atomic E-state index is -0.375. The quantitative estimate of drug-likeness (QED) is 0.581. The SMILES string of the molecule is CCCOc1ccc(COC(=O)/C=C/c2cnn(C)c2)c(C)c1. The van der Waals surface area contributed by atoms with E-state index in [1.54, 1.807) is 17.0 Å². The van der Waals surface area contributed by atoms with Crippen molar-refractivity contribution in [3.63, 3.8) is 0 Å². The van der Waals surface area contributed by atoms with Crippen LogP contribution in [0.1, 0.15) is 30.0 Å². The van der Waals surface area contributed by atoms with Crippen LogP contribution in [0.2, 0.25) is 0 Å². The highest BCUT2D eigenvalue weighted by atomic mass is 16.5. The molecule has 0 aliphatic carbocycles. The van der Waals surface area contributed by atoms with Gasteiger partial charge in [-0.3, -0.25) is 4.68 Å². The lowest BCUT2D eigenvalue weighted by atomic mass is 10.1. The van der Waals surface area contributed by atoms with Gasteiger partial charge in [-0.05, 0) is 42.7 Å². The Morgan fingerprint density at radius 1 is 1.39 bits per heavy atom. The molecule has 23 heavy (non-hydrogen) atoms. The van der Waals surface area contributed by atoms with Crippen molar-refractivity contribution >= 4 is 12.0 Å². The van der Waals surface area contributed by atoms with E-state index in [1.807, 2.05) is 38.4 Å². The van der Waals surface area contributed by atoms with Gasteiger partial charge in [-0.1, -0.05) is 13.0 Å². The second-order valence-electron chi connectivity index (χ2n) is 5.33. The van der Waals surface area contributed by atoms with Gasteiger partial charge in [-0.25, -0.2) is 4.79 Å². The average molecular weight is 314 g/mol. The first kappa shape index (κ1) is 16.8. The van der Waals surface area contributed by atoms with E-state index in [0.717, 1.165) is 28.9 Å². The molecule has 0 amide bonds. The van der Waals surface area contributed by atoms with Gasteiger partial charge in [0.15, 0.2) is 0 Å². The maximum atomic E-state index is 11.8. The predicted octanol–water partition coefficient (Wildman–Crippen LogP) is 3.27. The molecule has 0 aliphatic rings. The van der Waals surface area contributed by atoms with Gasteiger partial charge in [0.2, 0.25) is 0 Å². The zero-order valence-electron chi connectivity index (χ0n) is 13.8. The predicted molar refractivity (Wildman–Crippen MR) is 89.0 cm³/mol. The Morgan fingerprint density at radius 2 is 2.22 bits per heavy atom. The number of benzene rings is 1. The zero-order valence-corrected chi connectivity index (χ0v) is 13.8. The van der Waals surface area contributed by atoms with Crippen LogP contribution < -0.4 is 4.74 Å². The molecule has 0 unspecified atom stereocenters. The fourth-order valence-corrected chi connectivity index (χ4v) is 2.03. The molecule has 2 aromatic rings. The summed E-state index contributed by atoms with van der Waals surface area (Å²) in [5.74, 6) is 0.468. The van der Waals surface area contributed by atoms with Gasteiger partial charge in [0.1, 0.15) is 12.4 Å². The van der Waals surface area contributed by atoms with Crippen molar-refractivity contribution in [3.05, 3.63) is 53.4 Å². The molecular formula is C18H22N2O3. The monoisotopic (exact) mass is 314 g/mol. The minimum absolute atomic E-state index is 0.246. The molecular weight excluding hydrogens is 292 g/mol. The largest absolute Gasteiger partial charge is 0.494 e. The zero-order chi connectivity index (χ0) is 16.7. The lowest BCUT2D eigenvalue weighted by molar-refractivity contribution is -0.138. The Kier molecular flexibility index (Phi) is 5.97. The highest BCUT2D eigenvalue weighted by molar-refractivity contribution is 5.86. The van der Waals surface area contributed by atoms with Gasteiger partial charge in [-0.2, -0.15) is 5.10 Å². The molecule has 2 rings (SSSR count). The Hall–Kier alpha value is -2.56. The summed E-state index contributed by atoms with van der Waals surface area (Å²) in [6.07, 6.45) is 7.57. The maximum absolute atomic E-state index is 11.8. The van der Waals surface area contributed by atoms with Crippen molar-refractivity contribution in [1.82, 2.24) is 9.78 Å². The molecule has 0 aliphatic heterocycles. The number of aryl methyl sites for hydroxylation is 2. The lowest BCUT2D eigenvalue weighted by Gasteiger charge is -2.09. The Morgan fingerprint density at radius 3 is 2.87 bits per heavy atom. The molecule has 0 saturated carbocycles. The fraction of sp³-hybridized carbons (Fsp3) is 0.333. The number of carbonyl (C=O) groups is 1. The van der Waals surface area contributed by atoms with E-state index >= 15 is 0 Å². The van der Waals surface area contributed by atoms with Crippen LogP contribution in [0.25, 0.3) is 6.08 Å². The highest BCUT2D eigenvalue weighted by Gasteiger charge is 2.04. The molecule has 122 valence electrons. The molecule has 0 bridgehead atoms. The van der Waals surface area contributed by atoms with Gasteiger partial charge in [0.25, 0.3) is 0 Å². The van der Waals surface area contributed by atoms with E-state index in [1.165, 1.54) is 6.08 Å².